The topological polar surface area (TPSA) is 75.2 Å². The number of hydrogen-bond donors (Lipinski definition) is 1. The first kappa shape index (κ1) is 24.2. The van der Waals surface area contributed by atoms with E-state index < -0.39 is 6.16 Å². The minimum Gasteiger partial charge on any atom is -0.652 e. The summed E-state index contributed by atoms with van der Waals surface area (Å²) in [5.41, 5.74) is 0. The summed E-state index contributed by atoms with van der Waals surface area (Å²) in [7, 11) is 0. The van der Waals surface area contributed by atoms with E-state index in [0.29, 0.717) is 12.1 Å². The van der Waals surface area contributed by atoms with Crippen LogP contribution in [-0.4, -0.2) is 18.2 Å². The van der Waals surface area contributed by atoms with Crippen LogP contribution in [0.5, 0.6) is 0 Å². The summed E-state index contributed by atoms with van der Waals surface area (Å²) in [6.45, 7) is 8.61. The number of carbonyl (C=O) groups excluding carboxylic acids is 1. The molecule has 0 aromatic heterocycles. The van der Waals surface area contributed by atoms with E-state index in [1.807, 2.05) is 0 Å². The Kier molecular flexibility index (Phi) is 30.4. The molecule has 1 N–H and O–H groups in total. The van der Waals surface area contributed by atoms with Gasteiger partial charge in [-0.15, -0.1) is 0 Å². The molecule has 4 nitrogen and oxygen atoms in total. The summed E-state index contributed by atoms with van der Waals surface area (Å²) in [6, 6.07) is 1.25. The number of carbonyl (C=O) groups is 1. The van der Waals surface area contributed by atoms with E-state index in [4.69, 9.17) is 15.0 Å². The van der Waals surface area contributed by atoms with Crippen molar-refractivity contribution >= 4 is 6.16 Å². The van der Waals surface area contributed by atoms with Crippen molar-refractivity contribution in [3.8, 4) is 0 Å². The van der Waals surface area contributed by atoms with Crippen molar-refractivity contribution in [2.45, 2.75) is 39.8 Å². The maximum absolute atomic E-state index is 8.33. The molecule has 6 heteroatoms. The SMILES string of the molecule is CC(C)NC(C)C.O=C([O-])[O-].[Cs+].[Li+]. The molecule has 0 heterocycles. The fourth-order valence-electron chi connectivity index (χ4n) is 0.667. The molecule has 0 fully saturated rings. The van der Waals surface area contributed by atoms with Crippen molar-refractivity contribution in [1.29, 1.82) is 0 Å². The van der Waals surface area contributed by atoms with Crippen LogP contribution in [0.2, 0.25) is 0 Å². The predicted molar refractivity (Wildman–Crippen MR) is 38.8 cm³/mol. The summed E-state index contributed by atoms with van der Waals surface area (Å²) in [5.74, 6) is 0. The molecule has 0 aromatic rings. The molecular weight excluding hydrogens is 286 g/mol. The second-order valence-corrected chi connectivity index (χ2v) is 2.73. The van der Waals surface area contributed by atoms with Crippen LogP contribution < -0.4 is 103 Å². The van der Waals surface area contributed by atoms with Gasteiger partial charge in [-0.1, -0.05) is 27.7 Å². The molecule has 0 amide bonds. The van der Waals surface area contributed by atoms with Gasteiger partial charge in [-0.2, -0.15) is 0 Å². The minimum absolute atomic E-state index is 0. The second kappa shape index (κ2) is 16.3. The Balaban J connectivity index is -0.0000000600. The summed E-state index contributed by atoms with van der Waals surface area (Å²) >= 11 is 0. The molecule has 0 aliphatic heterocycles. The summed E-state index contributed by atoms with van der Waals surface area (Å²) < 4.78 is 0. The van der Waals surface area contributed by atoms with Crippen LogP contribution >= 0.6 is 0 Å². The molecular formula is C7H15CsLiNO3. The van der Waals surface area contributed by atoms with Crippen LogP contribution in [-0.2, 0) is 0 Å². The molecule has 68 valence electrons. The van der Waals surface area contributed by atoms with Crippen LogP contribution in [0.4, 0.5) is 4.79 Å². The molecule has 0 radical (unpaired) electrons. The van der Waals surface area contributed by atoms with Crippen LogP contribution in [0.1, 0.15) is 27.7 Å². The van der Waals surface area contributed by atoms with Gasteiger partial charge in [-0.25, -0.2) is 0 Å². The average molecular weight is 301 g/mol. The molecule has 0 aromatic carbocycles. The molecule has 0 aliphatic carbocycles. The van der Waals surface area contributed by atoms with Crippen LogP contribution in [0, 0.1) is 0 Å². The first-order valence-electron chi connectivity index (χ1n) is 3.50. The third kappa shape index (κ3) is 56.7. The Morgan fingerprint density at radius 1 is 1.08 bits per heavy atom. The largest absolute Gasteiger partial charge is 1.00 e. The Morgan fingerprint density at radius 2 is 1.23 bits per heavy atom. The summed E-state index contributed by atoms with van der Waals surface area (Å²) in [6.07, 6.45) is -2.33. The van der Waals surface area contributed by atoms with E-state index >= 15 is 0 Å². The number of carboxylic acid groups (broad SMARTS) is 2. The van der Waals surface area contributed by atoms with E-state index in [9.17, 15) is 0 Å². The molecule has 0 spiro atoms. The van der Waals surface area contributed by atoms with Gasteiger partial charge < -0.3 is 20.3 Å². The fourth-order valence-corrected chi connectivity index (χ4v) is 0.667. The maximum Gasteiger partial charge on any atom is 1.00 e. The molecule has 0 unspecified atom stereocenters. The van der Waals surface area contributed by atoms with E-state index in [1.165, 1.54) is 0 Å². The molecule has 0 saturated carbocycles. The van der Waals surface area contributed by atoms with Gasteiger partial charge in [0.05, 0.1) is 0 Å². The first-order chi connectivity index (χ1) is 4.86. The van der Waals surface area contributed by atoms with E-state index in [0.717, 1.165) is 0 Å². The quantitative estimate of drug-likeness (QED) is 0.514. The average Bonchev–Trinajstić information content (AvgIpc) is 1.56. The Bertz CT molecular complexity index is 102. The smallest absolute Gasteiger partial charge is 0.652 e. The number of nitrogens with one attached hydrogen (secondary N) is 1. The maximum atomic E-state index is 8.33. The molecule has 0 saturated heterocycles. The summed E-state index contributed by atoms with van der Waals surface area (Å²) in [4.78, 5) is 8.33. The normalized spacial score (nSPS) is 7.85. The van der Waals surface area contributed by atoms with Gasteiger partial charge in [0.1, 0.15) is 0 Å². The van der Waals surface area contributed by atoms with Crippen LogP contribution in [0.3, 0.4) is 0 Å². The number of rotatable bonds is 2. The fraction of sp³-hybridized carbons (Fsp3) is 0.857. The number of hydrogen-bond acceptors (Lipinski definition) is 4. The van der Waals surface area contributed by atoms with Crippen molar-refractivity contribution in [2.75, 3.05) is 0 Å². The van der Waals surface area contributed by atoms with Crippen molar-refractivity contribution in [3.63, 3.8) is 0 Å². The van der Waals surface area contributed by atoms with E-state index in [-0.39, 0.29) is 87.8 Å². The Hall–Kier alpha value is 1.88. The van der Waals surface area contributed by atoms with Gasteiger partial charge in [0.15, 0.2) is 0 Å². The molecule has 0 rings (SSSR count). The molecule has 0 aliphatic rings. The molecule has 0 bridgehead atoms. The van der Waals surface area contributed by atoms with E-state index in [1.54, 1.807) is 0 Å². The first-order valence-corrected chi connectivity index (χ1v) is 3.50. The molecule has 13 heavy (non-hydrogen) atoms. The predicted octanol–water partition coefficient (Wildman–Crippen LogP) is -7.05. The molecule has 0 atom stereocenters. The van der Waals surface area contributed by atoms with Gasteiger partial charge >= 0.3 is 87.8 Å². The third-order valence-electron chi connectivity index (χ3n) is 0.667. The Morgan fingerprint density at radius 3 is 1.23 bits per heavy atom. The van der Waals surface area contributed by atoms with E-state index in [2.05, 4.69) is 33.0 Å². The van der Waals surface area contributed by atoms with Crippen molar-refractivity contribution < 1.29 is 103 Å². The van der Waals surface area contributed by atoms with Crippen molar-refractivity contribution in [1.82, 2.24) is 5.32 Å². The Labute approximate surface area is 151 Å². The van der Waals surface area contributed by atoms with Gasteiger partial charge in [0.2, 0.25) is 0 Å². The summed E-state index contributed by atoms with van der Waals surface area (Å²) in [5, 5.41) is 20.0. The van der Waals surface area contributed by atoms with Crippen molar-refractivity contribution in [3.05, 3.63) is 0 Å². The second-order valence-electron chi connectivity index (χ2n) is 2.73. The van der Waals surface area contributed by atoms with Crippen molar-refractivity contribution in [2.24, 2.45) is 0 Å². The van der Waals surface area contributed by atoms with Crippen LogP contribution in [0.15, 0.2) is 0 Å². The zero-order valence-electron chi connectivity index (χ0n) is 9.38. The zero-order chi connectivity index (χ0) is 9.44. The van der Waals surface area contributed by atoms with Gasteiger partial charge in [-0.3, -0.25) is 0 Å². The van der Waals surface area contributed by atoms with Gasteiger partial charge in [0, 0.05) is 12.1 Å². The standard InChI is InChI=1S/C6H15N.CH2O3.Cs.Li/c1-5(2)7-6(3)4;2-1(3)4;;/h5-7H,1-4H3;(H2,2,3,4);;/q;;2*+1/p-2. The van der Waals surface area contributed by atoms with Crippen LogP contribution in [0.25, 0.3) is 0 Å². The third-order valence-corrected chi connectivity index (χ3v) is 0.667. The zero-order valence-corrected chi connectivity index (χ0v) is 15.7. The monoisotopic (exact) mass is 301 g/mol. The van der Waals surface area contributed by atoms with Gasteiger partial charge in [0.25, 0.3) is 0 Å². The van der Waals surface area contributed by atoms with Gasteiger partial charge in [-0.05, 0) is 6.16 Å². The minimum atomic E-state index is -2.33.